The van der Waals surface area contributed by atoms with Crippen LogP contribution in [0, 0.1) is 0 Å². The topological polar surface area (TPSA) is 24.5 Å². The Balaban J connectivity index is 1.65. The summed E-state index contributed by atoms with van der Waals surface area (Å²) in [4.78, 5) is 2.80. The average molecular weight is 238 g/mol. The van der Waals surface area contributed by atoms with Crippen LogP contribution in [0.15, 0.2) is 0 Å². The van der Waals surface area contributed by atoms with Gasteiger partial charge in [0.2, 0.25) is 0 Å². The van der Waals surface area contributed by atoms with Gasteiger partial charge in [0.05, 0.1) is 12.7 Å². The van der Waals surface area contributed by atoms with Gasteiger partial charge in [-0.15, -0.1) is 0 Å². The highest BCUT2D eigenvalue weighted by molar-refractivity contribution is 4.94. The molecule has 4 unspecified atom stereocenters. The molecule has 0 bridgehead atoms. The van der Waals surface area contributed by atoms with Crippen LogP contribution in [-0.4, -0.2) is 49.3 Å². The molecule has 0 radical (unpaired) electrons. The summed E-state index contributed by atoms with van der Waals surface area (Å²) < 4.78 is 5.92. The van der Waals surface area contributed by atoms with Crippen molar-refractivity contribution < 1.29 is 4.74 Å². The summed E-state index contributed by atoms with van der Waals surface area (Å²) >= 11 is 0. The van der Waals surface area contributed by atoms with Gasteiger partial charge in [-0.25, -0.2) is 0 Å². The zero-order valence-corrected chi connectivity index (χ0v) is 11.0. The fourth-order valence-electron chi connectivity index (χ4n) is 4.14. The molecule has 98 valence electrons. The Hall–Kier alpha value is -0.120. The largest absolute Gasteiger partial charge is 0.375 e. The highest BCUT2D eigenvalue weighted by Gasteiger charge is 2.40. The predicted molar refractivity (Wildman–Crippen MR) is 69.2 cm³/mol. The van der Waals surface area contributed by atoms with Gasteiger partial charge in [-0.2, -0.15) is 0 Å². The zero-order valence-electron chi connectivity index (χ0n) is 11.0. The van der Waals surface area contributed by atoms with Crippen LogP contribution in [0.4, 0.5) is 0 Å². The lowest BCUT2D eigenvalue weighted by atomic mass is 9.88. The van der Waals surface area contributed by atoms with E-state index >= 15 is 0 Å². The Morgan fingerprint density at radius 2 is 2.00 bits per heavy atom. The fraction of sp³-hybridized carbons (Fsp3) is 1.00. The van der Waals surface area contributed by atoms with Gasteiger partial charge in [0.1, 0.15) is 0 Å². The van der Waals surface area contributed by atoms with Gasteiger partial charge in [-0.3, -0.25) is 4.90 Å². The number of nitrogens with one attached hydrogen (secondary N) is 1. The Kier molecular flexibility index (Phi) is 3.69. The number of ether oxygens (including phenoxy) is 1. The lowest BCUT2D eigenvalue weighted by Crippen LogP contribution is -2.55. The second-order valence-corrected chi connectivity index (χ2v) is 5.95. The van der Waals surface area contributed by atoms with E-state index in [0.717, 1.165) is 24.7 Å². The normalized spacial score (nSPS) is 43.6. The summed E-state index contributed by atoms with van der Waals surface area (Å²) in [6, 6.07) is 2.30. The highest BCUT2D eigenvalue weighted by Crippen LogP contribution is 2.34. The number of morpholine rings is 1. The SMILES string of the molecule is CNC1CCCC(N2CCOC3CCCC32)C1. The highest BCUT2D eigenvalue weighted by atomic mass is 16.5. The van der Waals surface area contributed by atoms with E-state index in [1.165, 1.54) is 51.5 Å². The third-order valence-electron chi connectivity index (χ3n) is 5.05. The van der Waals surface area contributed by atoms with Crippen molar-refractivity contribution in [3.8, 4) is 0 Å². The lowest BCUT2D eigenvalue weighted by molar-refractivity contribution is -0.0778. The van der Waals surface area contributed by atoms with Crippen molar-refractivity contribution in [1.29, 1.82) is 0 Å². The first kappa shape index (κ1) is 11.9. The maximum atomic E-state index is 5.92. The van der Waals surface area contributed by atoms with Crippen molar-refractivity contribution in [3.63, 3.8) is 0 Å². The summed E-state index contributed by atoms with van der Waals surface area (Å²) in [5, 5.41) is 3.47. The average Bonchev–Trinajstić information content (AvgIpc) is 2.87. The van der Waals surface area contributed by atoms with Crippen LogP contribution in [0.1, 0.15) is 44.9 Å². The van der Waals surface area contributed by atoms with Gasteiger partial charge in [0.15, 0.2) is 0 Å². The van der Waals surface area contributed by atoms with E-state index in [9.17, 15) is 0 Å². The molecule has 0 aromatic heterocycles. The molecule has 3 aliphatic rings. The first-order valence-electron chi connectivity index (χ1n) is 7.43. The quantitative estimate of drug-likeness (QED) is 0.793. The molecular formula is C14H26N2O. The molecule has 1 saturated heterocycles. The molecule has 2 saturated carbocycles. The molecule has 3 heteroatoms. The predicted octanol–water partition coefficient (Wildman–Crippen LogP) is 1.77. The van der Waals surface area contributed by atoms with Gasteiger partial charge in [-0.1, -0.05) is 6.42 Å². The van der Waals surface area contributed by atoms with Crippen LogP contribution in [0.25, 0.3) is 0 Å². The molecule has 2 aliphatic carbocycles. The molecular weight excluding hydrogens is 212 g/mol. The minimum absolute atomic E-state index is 0.554. The summed E-state index contributed by atoms with van der Waals surface area (Å²) in [5.74, 6) is 0. The number of fused-ring (bicyclic) bond motifs is 1. The summed E-state index contributed by atoms with van der Waals surface area (Å²) in [6.45, 7) is 2.13. The Bertz CT molecular complexity index is 259. The van der Waals surface area contributed by atoms with Crippen LogP contribution >= 0.6 is 0 Å². The van der Waals surface area contributed by atoms with Gasteiger partial charge < -0.3 is 10.1 Å². The molecule has 1 heterocycles. The number of rotatable bonds is 2. The summed E-state index contributed by atoms with van der Waals surface area (Å²) in [7, 11) is 2.12. The van der Waals surface area contributed by atoms with E-state index < -0.39 is 0 Å². The van der Waals surface area contributed by atoms with Crippen LogP contribution in [0.3, 0.4) is 0 Å². The first-order chi connectivity index (χ1) is 8.38. The van der Waals surface area contributed by atoms with Crippen molar-refractivity contribution in [3.05, 3.63) is 0 Å². The molecule has 3 nitrogen and oxygen atoms in total. The maximum Gasteiger partial charge on any atom is 0.0731 e. The van der Waals surface area contributed by atoms with Crippen molar-refractivity contribution >= 4 is 0 Å². The first-order valence-corrected chi connectivity index (χ1v) is 7.43. The molecule has 0 aromatic carbocycles. The third-order valence-corrected chi connectivity index (χ3v) is 5.05. The third kappa shape index (κ3) is 2.38. The van der Waals surface area contributed by atoms with Crippen molar-refractivity contribution in [2.45, 2.75) is 69.2 Å². The molecule has 1 N–H and O–H groups in total. The molecule has 3 rings (SSSR count). The van der Waals surface area contributed by atoms with Gasteiger partial charge in [-0.05, 0) is 45.6 Å². The monoisotopic (exact) mass is 238 g/mol. The summed E-state index contributed by atoms with van der Waals surface area (Å²) in [6.07, 6.45) is 10.1. The maximum absolute atomic E-state index is 5.92. The minimum Gasteiger partial charge on any atom is -0.375 e. The van der Waals surface area contributed by atoms with Gasteiger partial charge in [0, 0.05) is 24.7 Å². The van der Waals surface area contributed by atoms with E-state index in [1.807, 2.05) is 0 Å². The van der Waals surface area contributed by atoms with E-state index in [0.29, 0.717) is 6.10 Å². The van der Waals surface area contributed by atoms with Crippen LogP contribution < -0.4 is 5.32 Å². The molecule has 0 aromatic rings. The Morgan fingerprint density at radius 3 is 2.88 bits per heavy atom. The molecule has 0 amide bonds. The van der Waals surface area contributed by atoms with E-state index in [2.05, 4.69) is 17.3 Å². The molecule has 17 heavy (non-hydrogen) atoms. The van der Waals surface area contributed by atoms with Gasteiger partial charge in [0.25, 0.3) is 0 Å². The molecule has 4 atom stereocenters. The van der Waals surface area contributed by atoms with E-state index in [4.69, 9.17) is 4.74 Å². The van der Waals surface area contributed by atoms with Gasteiger partial charge >= 0.3 is 0 Å². The van der Waals surface area contributed by atoms with Crippen molar-refractivity contribution in [2.75, 3.05) is 20.2 Å². The molecule has 1 aliphatic heterocycles. The molecule has 0 spiro atoms. The van der Waals surface area contributed by atoms with E-state index in [1.54, 1.807) is 0 Å². The van der Waals surface area contributed by atoms with Crippen LogP contribution in [0.5, 0.6) is 0 Å². The van der Waals surface area contributed by atoms with Crippen molar-refractivity contribution in [2.24, 2.45) is 0 Å². The standard InChI is InChI=1S/C14H26N2O/c1-15-11-4-2-5-12(10-11)16-8-9-17-14-7-3-6-13(14)16/h11-15H,2-10H2,1H3. The van der Waals surface area contributed by atoms with Crippen LogP contribution in [0.2, 0.25) is 0 Å². The lowest BCUT2D eigenvalue weighted by Gasteiger charge is -2.45. The second-order valence-electron chi connectivity index (χ2n) is 5.95. The Morgan fingerprint density at radius 1 is 1.12 bits per heavy atom. The van der Waals surface area contributed by atoms with Crippen LogP contribution in [-0.2, 0) is 4.74 Å². The zero-order chi connectivity index (χ0) is 11.7. The number of hydrogen-bond acceptors (Lipinski definition) is 3. The molecule has 3 fully saturated rings. The number of nitrogens with zero attached hydrogens (tertiary/aromatic N) is 1. The fourth-order valence-corrected chi connectivity index (χ4v) is 4.14. The summed E-state index contributed by atoms with van der Waals surface area (Å²) in [5.41, 5.74) is 0. The minimum atomic E-state index is 0.554. The second kappa shape index (κ2) is 5.25. The van der Waals surface area contributed by atoms with Crippen molar-refractivity contribution in [1.82, 2.24) is 10.2 Å². The Labute approximate surface area is 105 Å². The number of hydrogen-bond donors (Lipinski definition) is 1. The smallest absolute Gasteiger partial charge is 0.0731 e. The van der Waals surface area contributed by atoms with E-state index in [-0.39, 0.29) is 0 Å².